The molecule has 1 aromatic carbocycles. The standard InChI is InChI=1S/C19H30N2O/c1-14-10-11-17(15(2)12-14)13-21(4)16(3)19(22)20-18-8-6-5-7-9-18/h10-12,16,18H,5-9,13H2,1-4H3,(H,20,22). The van der Waals surface area contributed by atoms with Crippen LogP contribution in [0.4, 0.5) is 0 Å². The molecule has 3 heteroatoms. The third kappa shape index (κ3) is 4.57. The van der Waals surface area contributed by atoms with Crippen molar-refractivity contribution in [2.45, 2.75) is 71.5 Å². The molecule has 1 unspecified atom stereocenters. The highest BCUT2D eigenvalue weighted by Gasteiger charge is 2.22. The summed E-state index contributed by atoms with van der Waals surface area (Å²) >= 11 is 0. The lowest BCUT2D eigenvalue weighted by atomic mass is 9.95. The van der Waals surface area contributed by atoms with Gasteiger partial charge < -0.3 is 5.32 Å². The maximum atomic E-state index is 12.4. The van der Waals surface area contributed by atoms with Crippen LogP contribution in [0.5, 0.6) is 0 Å². The minimum Gasteiger partial charge on any atom is -0.352 e. The first-order valence-corrected chi connectivity index (χ1v) is 8.54. The van der Waals surface area contributed by atoms with Gasteiger partial charge in [-0.15, -0.1) is 0 Å². The Kier molecular flexibility index (Phi) is 6.01. The van der Waals surface area contributed by atoms with Gasteiger partial charge in [-0.25, -0.2) is 0 Å². The lowest BCUT2D eigenvalue weighted by molar-refractivity contribution is -0.126. The summed E-state index contributed by atoms with van der Waals surface area (Å²) < 4.78 is 0. The van der Waals surface area contributed by atoms with E-state index in [-0.39, 0.29) is 11.9 Å². The number of aryl methyl sites for hydroxylation is 2. The predicted octanol–water partition coefficient (Wildman–Crippen LogP) is 3.57. The first-order valence-electron chi connectivity index (χ1n) is 8.54. The average molecular weight is 302 g/mol. The molecule has 1 aliphatic carbocycles. The lowest BCUT2D eigenvalue weighted by Crippen LogP contribution is -2.47. The van der Waals surface area contributed by atoms with Crippen LogP contribution in [0.2, 0.25) is 0 Å². The molecule has 22 heavy (non-hydrogen) atoms. The molecule has 2 rings (SSSR count). The largest absolute Gasteiger partial charge is 0.352 e. The summed E-state index contributed by atoms with van der Waals surface area (Å²) in [7, 11) is 2.03. The zero-order chi connectivity index (χ0) is 16.1. The van der Waals surface area contributed by atoms with E-state index in [1.165, 1.54) is 36.0 Å². The van der Waals surface area contributed by atoms with E-state index in [0.29, 0.717) is 6.04 Å². The molecule has 1 N–H and O–H groups in total. The van der Waals surface area contributed by atoms with Crippen LogP contribution in [0.25, 0.3) is 0 Å². The molecule has 1 amide bonds. The number of carbonyl (C=O) groups is 1. The highest BCUT2D eigenvalue weighted by Crippen LogP contribution is 2.18. The lowest BCUT2D eigenvalue weighted by Gasteiger charge is -2.28. The Balaban J connectivity index is 1.90. The van der Waals surface area contributed by atoms with Crippen molar-refractivity contribution >= 4 is 5.91 Å². The molecule has 0 spiro atoms. The molecule has 0 heterocycles. The van der Waals surface area contributed by atoms with Crippen LogP contribution >= 0.6 is 0 Å². The third-order valence-corrected chi connectivity index (χ3v) is 4.91. The second kappa shape index (κ2) is 7.77. The van der Waals surface area contributed by atoms with Crippen molar-refractivity contribution in [1.29, 1.82) is 0 Å². The molecule has 1 aliphatic rings. The number of nitrogens with zero attached hydrogens (tertiary/aromatic N) is 1. The van der Waals surface area contributed by atoms with Crippen molar-refractivity contribution in [3.63, 3.8) is 0 Å². The zero-order valence-corrected chi connectivity index (χ0v) is 14.5. The minimum atomic E-state index is -0.0948. The van der Waals surface area contributed by atoms with Gasteiger partial charge in [0.25, 0.3) is 0 Å². The average Bonchev–Trinajstić information content (AvgIpc) is 2.50. The van der Waals surface area contributed by atoms with Gasteiger partial charge in [-0.05, 0) is 51.8 Å². The first kappa shape index (κ1) is 17.0. The fourth-order valence-corrected chi connectivity index (χ4v) is 3.20. The van der Waals surface area contributed by atoms with Gasteiger partial charge in [-0.1, -0.05) is 43.0 Å². The Bertz CT molecular complexity index is 506. The molecule has 0 radical (unpaired) electrons. The van der Waals surface area contributed by atoms with Crippen LogP contribution in [0.15, 0.2) is 18.2 Å². The van der Waals surface area contributed by atoms with Gasteiger partial charge in [-0.2, -0.15) is 0 Å². The van der Waals surface area contributed by atoms with E-state index in [0.717, 1.165) is 19.4 Å². The molecule has 3 nitrogen and oxygen atoms in total. The van der Waals surface area contributed by atoms with Crippen molar-refractivity contribution < 1.29 is 4.79 Å². The summed E-state index contributed by atoms with van der Waals surface area (Å²) in [5, 5.41) is 3.23. The van der Waals surface area contributed by atoms with E-state index in [9.17, 15) is 4.79 Å². The fraction of sp³-hybridized carbons (Fsp3) is 0.632. The number of benzene rings is 1. The SMILES string of the molecule is Cc1ccc(CN(C)C(C)C(=O)NC2CCCCC2)c(C)c1. The molecule has 1 saturated carbocycles. The van der Waals surface area contributed by atoms with Crippen LogP contribution in [-0.2, 0) is 11.3 Å². The van der Waals surface area contributed by atoms with E-state index in [1.807, 2.05) is 14.0 Å². The van der Waals surface area contributed by atoms with Crippen LogP contribution in [-0.4, -0.2) is 29.9 Å². The number of carbonyl (C=O) groups excluding carboxylic acids is 1. The number of hydrogen-bond acceptors (Lipinski definition) is 2. The van der Waals surface area contributed by atoms with Crippen LogP contribution in [0.1, 0.15) is 55.7 Å². The smallest absolute Gasteiger partial charge is 0.237 e. The highest BCUT2D eigenvalue weighted by atomic mass is 16.2. The van der Waals surface area contributed by atoms with Crippen molar-refractivity contribution in [1.82, 2.24) is 10.2 Å². The molecular formula is C19H30N2O. The van der Waals surface area contributed by atoms with E-state index < -0.39 is 0 Å². The molecule has 0 bridgehead atoms. The maximum Gasteiger partial charge on any atom is 0.237 e. The highest BCUT2D eigenvalue weighted by molar-refractivity contribution is 5.81. The van der Waals surface area contributed by atoms with Crippen molar-refractivity contribution in [3.05, 3.63) is 34.9 Å². The number of amides is 1. The normalized spacial score (nSPS) is 17.5. The van der Waals surface area contributed by atoms with Crippen molar-refractivity contribution in [3.8, 4) is 0 Å². The number of hydrogen-bond donors (Lipinski definition) is 1. The van der Waals surface area contributed by atoms with Gasteiger partial charge in [0.1, 0.15) is 0 Å². The Hall–Kier alpha value is -1.35. The summed E-state index contributed by atoms with van der Waals surface area (Å²) in [5.74, 6) is 0.166. The van der Waals surface area contributed by atoms with E-state index in [1.54, 1.807) is 0 Å². The summed E-state index contributed by atoms with van der Waals surface area (Å²) in [6.07, 6.45) is 6.09. The fourth-order valence-electron chi connectivity index (χ4n) is 3.20. The molecule has 0 aliphatic heterocycles. The third-order valence-electron chi connectivity index (χ3n) is 4.91. The molecule has 0 aromatic heterocycles. The van der Waals surface area contributed by atoms with Crippen LogP contribution in [0, 0.1) is 13.8 Å². The van der Waals surface area contributed by atoms with Crippen molar-refractivity contribution in [2.24, 2.45) is 0 Å². The summed E-state index contributed by atoms with van der Waals surface area (Å²) in [4.78, 5) is 14.6. The second-order valence-corrected chi connectivity index (χ2v) is 6.86. The quantitative estimate of drug-likeness (QED) is 0.902. The van der Waals surface area contributed by atoms with Gasteiger partial charge in [0, 0.05) is 12.6 Å². The minimum absolute atomic E-state index is 0.0948. The molecule has 122 valence electrons. The van der Waals surface area contributed by atoms with Gasteiger partial charge in [-0.3, -0.25) is 9.69 Å². The second-order valence-electron chi connectivity index (χ2n) is 6.86. The Morgan fingerprint density at radius 3 is 2.59 bits per heavy atom. The first-order chi connectivity index (χ1) is 10.5. The topological polar surface area (TPSA) is 32.3 Å². The van der Waals surface area contributed by atoms with Crippen molar-refractivity contribution in [2.75, 3.05) is 7.05 Å². The molecule has 1 aromatic rings. The Morgan fingerprint density at radius 2 is 1.95 bits per heavy atom. The molecule has 1 atom stereocenters. The van der Waals surface area contributed by atoms with Gasteiger partial charge in [0.15, 0.2) is 0 Å². The Labute approximate surface area is 135 Å². The maximum absolute atomic E-state index is 12.4. The van der Waals surface area contributed by atoms with E-state index >= 15 is 0 Å². The molecule has 1 fully saturated rings. The molecule has 0 saturated heterocycles. The van der Waals surface area contributed by atoms with Gasteiger partial charge in [0.2, 0.25) is 5.91 Å². The predicted molar refractivity (Wildman–Crippen MR) is 91.9 cm³/mol. The molecular weight excluding hydrogens is 272 g/mol. The summed E-state index contributed by atoms with van der Waals surface area (Å²) in [5.41, 5.74) is 3.88. The summed E-state index contributed by atoms with van der Waals surface area (Å²) in [6, 6.07) is 6.81. The Morgan fingerprint density at radius 1 is 1.27 bits per heavy atom. The van der Waals surface area contributed by atoms with Gasteiger partial charge in [0.05, 0.1) is 6.04 Å². The summed E-state index contributed by atoms with van der Waals surface area (Å²) in [6.45, 7) is 7.07. The number of nitrogens with one attached hydrogen (secondary N) is 1. The zero-order valence-electron chi connectivity index (χ0n) is 14.5. The van der Waals surface area contributed by atoms with E-state index in [4.69, 9.17) is 0 Å². The number of likely N-dealkylation sites (N-methyl/N-ethyl adjacent to an activating group) is 1. The van der Waals surface area contributed by atoms with Gasteiger partial charge >= 0.3 is 0 Å². The van der Waals surface area contributed by atoms with Crippen LogP contribution < -0.4 is 5.32 Å². The van der Waals surface area contributed by atoms with Crippen LogP contribution in [0.3, 0.4) is 0 Å². The monoisotopic (exact) mass is 302 g/mol. The number of rotatable bonds is 5. The van der Waals surface area contributed by atoms with E-state index in [2.05, 4.69) is 42.3 Å².